The molecule has 1 unspecified atom stereocenters. The number of carbonyl (C=O) groups excluding carboxylic acids is 2. The quantitative estimate of drug-likeness (QED) is 0.650. The zero-order valence-electron chi connectivity index (χ0n) is 20.9. The first-order valence-electron chi connectivity index (χ1n) is 12.0. The lowest BCUT2D eigenvalue weighted by molar-refractivity contribution is -0.128. The summed E-state index contributed by atoms with van der Waals surface area (Å²) in [4.78, 5) is 27.5. The molecule has 1 N–H and O–H groups in total. The Bertz CT molecular complexity index is 952. The molecule has 0 aromatic heterocycles. The summed E-state index contributed by atoms with van der Waals surface area (Å²) in [6.07, 6.45) is 0.908. The van der Waals surface area contributed by atoms with Crippen LogP contribution in [0, 0.1) is 0 Å². The van der Waals surface area contributed by atoms with E-state index in [1.807, 2.05) is 53.4 Å². The Morgan fingerprint density at radius 3 is 2.15 bits per heavy atom. The van der Waals surface area contributed by atoms with E-state index >= 15 is 0 Å². The van der Waals surface area contributed by atoms with Crippen molar-refractivity contribution >= 4 is 11.8 Å². The standard InChI is InChI=1S/C28H38N2O3/c1-19(2)24-9-7-8-10-25(24)33-20(3)26(31)29-23-15-17-30(18-16-23)27(32)21-11-13-22(14-12-21)28(4,5)6/h7-14,19-20,23H,15-18H2,1-6H3,(H,29,31). The van der Waals surface area contributed by atoms with Gasteiger partial charge in [-0.2, -0.15) is 0 Å². The van der Waals surface area contributed by atoms with Crippen LogP contribution in [0.4, 0.5) is 0 Å². The van der Waals surface area contributed by atoms with Gasteiger partial charge in [0, 0.05) is 24.7 Å². The number of benzene rings is 2. The van der Waals surface area contributed by atoms with Crippen LogP contribution in [0.25, 0.3) is 0 Å². The van der Waals surface area contributed by atoms with Gasteiger partial charge in [-0.15, -0.1) is 0 Å². The second-order valence-corrected chi connectivity index (χ2v) is 10.4. The average Bonchev–Trinajstić information content (AvgIpc) is 2.78. The van der Waals surface area contributed by atoms with E-state index in [4.69, 9.17) is 4.74 Å². The number of amides is 2. The number of para-hydroxylation sites is 1. The summed E-state index contributed by atoms with van der Waals surface area (Å²) < 4.78 is 5.98. The van der Waals surface area contributed by atoms with Crippen LogP contribution in [0.2, 0.25) is 0 Å². The normalized spacial score (nSPS) is 15.9. The molecule has 5 heteroatoms. The van der Waals surface area contributed by atoms with E-state index in [-0.39, 0.29) is 23.3 Å². The van der Waals surface area contributed by atoms with Crippen LogP contribution in [0.5, 0.6) is 5.75 Å². The molecule has 1 heterocycles. The fourth-order valence-electron chi connectivity index (χ4n) is 4.15. The predicted molar refractivity (Wildman–Crippen MR) is 133 cm³/mol. The van der Waals surface area contributed by atoms with Crippen LogP contribution in [0.1, 0.15) is 81.8 Å². The molecule has 0 saturated carbocycles. The Morgan fingerprint density at radius 1 is 0.970 bits per heavy atom. The predicted octanol–water partition coefficient (Wildman–Crippen LogP) is 5.30. The number of nitrogens with one attached hydrogen (secondary N) is 1. The molecule has 1 atom stereocenters. The molecule has 2 amide bonds. The van der Waals surface area contributed by atoms with Crippen molar-refractivity contribution in [1.29, 1.82) is 0 Å². The fraction of sp³-hybridized carbons (Fsp3) is 0.500. The third-order valence-corrected chi connectivity index (χ3v) is 6.34. The molecular formula is C28H38N2O3. The van der Waals surface area contributed by atoms with E-state index in [0.717, 1.165) is 29.7 Å². The van der Waals surface area contributed by atoms with E-state index in [0.29, 0.717) is 19.0 Å². The number of hydrogen-bond donors (Lipinski definition) is 1. The molecule has 1 aliphatic rings. The van der Waals surface area contributed by atoms with Gasteiger partial charge in [0.15, 0.2) is 6.10 Å². The Kier molecular flexibility index (Phi) is 7.83. The highest BCUT2D eigenvalue weighted by atomic mass is 16.5. The van der Waals surface area contributed by atoms with Crippen molar-refractivity contribution in [3.8, 4) is 5.75 Å². The van der Waals surface area contributed by atoms with Crippen molar-refractivity contribution in [3.05, 3.63) is 65.2 Å². The van der Waals surface area contributed by atoms with Gasteiger partial charge in [-0.3, -0.25) is 9.59 Å². The average molecular weight is 451 g/mol. The molecular weight excluding hydrogens is 412 g/mol. The summed E-state index contributed by atoms with van der Waals surface area (Å²) in [6, 6.07) is 15.8. The van der Waals surface area contributed by atoms with Gasteiger partial charge in [-0.1, -0.05) is 65.0 Å². The van der Waals surface area contributed by atoms with Crippen LogP contribution in [-0.2, 0) is 10.2 Å². The Hall–Kier alpha value is -2.82. The number of piperidine rings is 1. The Morgan fingerprint density at radius 2 is 1.58 bits per heavy atom. The first-order valence-corrected chi connectivity index (χ1v) is 12.0. The zero-order valence-corrected chi connectivity index (χ0v) is 20.9. The summed E-state index contributed by atoms with van der Waals surface area (Å²) in [5.74, 6) is 1.02. The summed E-state index contributed by atoms with van der Waals surface area (Å²) >= 11 is 0. The number of ether oxygens (including phenoxy) is 1. The maximum atomic E-state index is 12.9. The lowest BCUT2D eigenvalue weighted by Gasteiger charge is -2.33. The van der Waals surface area contributed by atoms with E-state index in [1.54, 1.807) is 6.92 Å². The minimum Gasteiger partial charge on any atom is -0.481 e. The molecule has 1 saturated heterocycles. The highest BCUT2D eigenvalue weighted by Gasteiger charge is 2.27. The molecule has 33 heavy (non-hydrogen) atoms. The van der Waals surface area contributed by atoms with Gasteiger partial charge in [0.25, 0.3) is 11.8 Å². The van der Waals surface area contributed by atoms with E-state index in [2.05, 4.69) is 39.9 Å². The smallest absolute Gasteiger partial charge is 0.260 e. The topological polar surface area (TPSA) is 58.6 Å². The van der Waals surface area contributed by atoms with Crippen molar-refractivity contribution < 1.29 is 14.3 Å². The first kappa shape index (κ1) is 24.8. The Labute approximate surface area is 198 Å². The summed E-state index contributed by atoms with van der Waals surface area (Å²) in [5.41, 5.74) is 3.10. The molecule has 5 nitrogen and oxygen atoms in total. The van der Waals surface area contributed by atoms with Crippen molar-refractivity contribution in [1.82, 2.24) is 10.2 Å². The van der Waals surface area contributed by atoms with Crippen LogP contribution in [0.3, 0.4) is 0 Å². The van der Waals surface area contributed by atoms with Crippen molar-refractivity contribution in [2.24, 2.45) is 0 Å². The lowest BCUT2D eigenvalue weighted by atomic mass is 9.86. The molecule has 0 radical (unpaired) electrons. The van der Waals surface area contributed by atoms with Crippen LogP contribution < -0.4 is 10.1 Å². The molecule has 0 spiro atoms. The maximum absolute atomic E-state index is 12.9. The second kappa shape index (κ2) is 10.4. The largest absolute Gasteiger partial charge is 0.481 e. The van der Waals surface area contributed by atoms with Gasteiger partial charge >= 0.3 is 0 Å². The zero-order chi connectivity index (χ0) is 24.2. The minimum atomic E-state index is -0.578. The van der Waals surface area contributed by atoms with Gasteiger partial charge in [0.05, 0.1) is 0 Å². The molecule has 1 aliphatic heterocycles. The molecule has 2 aromatic rings. The minimum absolute atomic E-state index is 0.0520. The summed E-state index contributed by atoms with van der Waals surface area (Å²) in [7, 11) is 0. The Balaban J connectivity index is 1.50. The van der Waals surface area contributed by atoms with E-state index in [1.165, 1.54) is 5.56 Å². The molecule has 1 fully saturated rings. The van der Waals surface area contributed by atoms with Crippen LogP contribution in [-0.4, -0.2) is 41.9 Å². The van der Waals surface area contributed by atoms with E-state index < -0.39 is 6.10 Å². The number of hydrogen-bond acceptors (Lipinski definition) is 3. The molecule has 178 valence electrons. The number of carbonyl (C=O) groups is 2. The van der Waals surface area contributed by atoms with Gasteiger partial charge in [-0.05, 0) is 60.4 Å². The summed E-state index contributed by atoms with van der Waals surface area (Å²) in [6.45, 7) is 13.8. The third-order valence-electron chi connectivity index (χ3n) is 6.34. The molecule has 0 bridgehead atoms. The second-order valence-electron chi connectivity index (χ2n) is 10.4. The van der Waals surface area contributed by atoms with Gasteiger partial charge in [0.2, 0.25) is 0 Å². The molecule has 2 aromatic carbocycles. The third kappa shape index (κ3) is 6.37. The van der Waals surface area contributed by atoms with Crippen molar-refractivity contribution in [2.75, 3.05) is 13.1 Å². The number of nitrogens with zero attached hydrogens (tertiary/aromatic N) is 1. The first-order chi connectivity index (χ1) is 15.6. The maximum Gasteiger partial charge on any atom is 0.260 e. The fourth-order valence-corrected chi connectivity index (χ4v) is 4.15. The van der Waals surface area contributed by atoms with Gasteiger partial charge in [0.1, 0.15) is 5.75 Å². The van der Waals surface area contributed by atoms with Crippen molar-refractivity contribution in [3.63, 3.8) is 0 Å². The van der Waals surface area contributed by atoms with E-state index in [9.17, 15) is 9.59 Å². The van der Waals surface area contributed by atoms with Crippen LogP contribution >= 0.6 is 0 Å². The SMILES string of the molecule is CC(Oc1ccccc1C(C)C)C(=O)NC1CCN(C(=O)c2ccc(C(C)(C)C)cc2)CC1. The molecule has 3 rings (SSSR count). The highest BCUT2D eigenvalue weighted by molar-refractivity contribution is 5.94. The van der Waals surface area contributed by atoms with Crippen molar-refractivity contribution in [2.45, 2.75) is 77.9 Å². The van der Waals surface area contributed by atoms with Gasteiger partial charge < -0.3 is 15.0 Å². The lowest BCUT2D eigenvalue weighted by Crippen LogP contribution is -2.49. The van der Waals surface area contributed by atoms with Gasteiger partial charge in [-0.25, -0.2) is 0 Å². The monoisotopic (exact) mass is 450 g/mol. The number of likely N-dealkylation sites (tertiary alicyclic amines) is 1. The van der Waals surface area contributed by atoms with Crippen LogP contribution in [0.15, 0.2) is 48.5 Å². The number of rotatable bonds is 6. The summed E-state index contributed by atoms with van der Waals surface area (Å²) in [5, 5.41) is 3.11. The molecule has 0 aliphatic carbocycles. The highest BCUT2D eigenvalue weighted by Crippen LogP contribution is 2.27.